The molecule has 0 bridgehead atoms. The smallest absolute Gasteiger partial charge is 0.264 e. The molecule has 3 aromatic carbocycles. The molecule has 0 radical (unpaired) electrons. The van der Waals surface area contributed by atoms with E-state index in [1.165, 1.54) is 49.4 Å². The van der Waals surface area contributed by atoms with Gasteiger partial charge in [0.15, 0.2) is 0 Å². The summed E-state index contributed by atoms with van der Waals surface area (Å²) in [4.78, 5) is 11.7. The molecule has 0 fully saturated rings. The number of hydrogen-bond acceptors (Lipinski definition) is 3. The summed E-state index contributed by atoms with van der Waals surface area (Å²) in [6, 6.07) is 10.6. The number of carbonyl (C=O) groups excluding carboxylic acids is 1. The molecule has 1 amide bonds. The molecule has 10 heteroatoms. The van der Waals surface area contributed by atoms with E-state index < -0.39 is 39.2 Å². The SMILES string of the molecule is CCNC(=O)CCCc1cc(F)ccc1[C@@H](C)N(c1cc(F)ccc1F)S(=O)(=O)c1ccc(Cl)cc1. The third-order valence-electron chi connectivity index (χ3n) is 5.65. The predicted octanol–water partition coefficient (Wildman–Crippen LogP) is 6.17. The molecule has 1 N–H and O–H groups in total. The summed E-state index contributed by atoms with van der Waals surface area (Å²) >= 11 is 5.91. The molecular weight excluding hydrogens is 513 g/mol. The number of rotatable bonds is 10. The van der Waals surface area contributed by atoms with Crippen molar-refractivity contribution >= 4 is 33.2 Å². The number of nitrogens with one attached hydrogen (secondary N) is 1. The molecular formula is C26H26ClF3N2O3S. The molecule has 3 rings (SSSR count). The van der Waals surface area contributed by atoms with Gasteiger partial charge in [-0.3, -0.25) is 9.10 Å². The van der Waals surface area contributed by atoms with Crippen LogP contribution in [0.4, 0.5) is 18.9 Å². The van der Waals surface area contributed by atoms with E-state index >= 15 is 0 Å². The molecule has 3 aromatic rings. The first-order valence-electron chi connectivity index (χ1n) is 11.3. The van der Waals surface area contributed by atoms with Crippen molar-refractivity contribution in [1.82, 2.24) is 5.32 Å². The lowest BCUT2D eigenvalue weighted by Gasteiger charge is -2.32. The molecule has 0 aliphatic heterocycles. The monoisotopic (exact) mass is 538 g/mol. The maximum absolute atomic E-state index is 14.9. The highest BCUT2D eigenvalue weighted by Crippen LogP contribution is 2.37. The molecule has 0 spiro atoms. The van der Waals surface area contributed by atoms with Crippen LogP contribution in [-0.4, -0.2) is 20.9 Å². The van der Waals surface area contributed by atoms with E-state index in [4.69, 9.17) is 11.6 Å². The van der Waals surface area contributed by atoms with Gasteiger partial charge in [-0.2, -0.15) is 0 Å². The van der Waals surface area contributed by atoms with Crippen molar-refractivity contribution in [1.29, 1.82) is 0 Å². The number of carbonyl (C=O) groups is 1. The minimum absolute atomic E-state index is 0.155. The fourth-order valence-corrected chi connectivity index (χ4v) is 5.73. The fraction of sp³-hybridized carbons (Fsp3) is 0.269. The van der Waals surface area contributed by atoms with Crippen LogP contribution < -0.4 is 9.62 Å². The minimum Gasteiger partial charge on any atom is -0.356 e. The van der Waals surface area contributed by atoms with Crippen LogP contribution in [0.25, 0.3) is 0 Å². The first kappa shape index (κ1) is 27.5. The summed E-state index contributed by atoms with van der Waals surface area (Å²) in [7, 11) is -4.42. The number of amides is 1. The molecule has 0 aromatic heterocycles. The van der Waals surface area contributed by atoms with Gasteiger partial charge in [-0.1, -0.05) is 17.7 Å². The second-order valence-electron chi connectivity index (χ2n) is 8.18. The molecule has 0 aliphatic carbocycles. The number of aryl methyl sites for hydroxylation is 1. The Hall–Kier alpha value is -3.04. The van der Waals surface area contributed by atoms with Crippen molar-refractivity contribution in [3.05, 3.63) is 94.3 Å². The van der Waals surface area contributed by atoms with Crippen LogP contribution in [0.3, 0.4) is 0 Å². The molecule has 192 valence electrons. The summed E-state index contributed by atoms with van der Waals surface area (Å²) in [6.07, 6.45) is 0.853. The Morgan fingerprint density at radius 1 is 1.00 bits per heavy atom. The molecule has 5 nitrogen and oxygen atoms in total. The van der Waals surface area contributed by atoms with Crippen molar-refractivity contribution in [2.75, 3.05) is 10.8 Å². The van der Waals surface area contributed by atoms with Crippen molar-refractivity contribution in [3.63, 3.8) is 0 Å². The molecule has 0 unspecified atom stereocenters. The van der Waals surface area contributed by atoms with E-state index in [-0.39, 0.29) is 23.6 Å². The van der Waals surface area contributed by atoms with Gasteiger partial charge in [0.05, 0.1) is 16.6 Å². The van der Waals surface area contributed by atoms with Gasteiger partial charge >= 0.3 is 0 Å². The van der Waals surface area contributed by atoms with Gasteiger partial charge in [-0.25, -0.2) is 21.6 Å². The summed E-state index contributed by atoms with van der Waals surface area (Å²) in [6.45, 7) is 3.79. The Balaban J connectivity index is 2.09. The van der Waals surface area contributed by atoms with E-state index in [9.17, 15) is 26.4 Å². The first-order valence-corrected chi connectivity index (χ1v) is 13.2. The minimum atomic E-state index is -4.42. The fourth-order valence-electron chi connectivity index (χ4n) is 3.97. The lowest BCUT2D eigenvalue weighted by atomic mass is 9.96. The largest absolute Gasteiger partial charge is 0.356 e. The Morgan fingerprint density at radius 3 is 2.31 bits per heavy atom. The van der Waals surface area contributed by atoms with E-state index in [0.29, 0.717) is 29.1 Å². The van der Waals surface area contributed by atoms with Crippen LogP contribution in [0.5, 0.6) is 0 Å². The lowest BCUT2D eigenvalue weighted by Crippen LogP contribution is -2.35. The van der Waals surface area contributed by atoms with Crippen molar-refractivity contribution in [2.45, 2.75) is 44.0 Å². The molecule has 1 atom stereocenters. The predicted molar refractivity (Wildman–Crippen MR) is 134 cm³/mol. The van der Waals surface area contributed by atoms with Crippen LogP contribution in [0.1, 0.15) is 43.9 Å². The summed E-state index contributed by atoms with van der Waals surface area (Å²) in [5, 5.41) is 2.99. The second-order valence-corrected chi connectivity index (χ2v) is 10.4. The van der Waals surface area contributed by atoms with Gasteiger partial charge < -0.3 is 5.32 Å². The summed E-state index contributed by atoms with van der Waals surface area (Å²) in [5.41, 5.74) is 0.364. The molecule has 0 heterocycles. The molecule has 36 heavy (non-hydrogen) atoms. The van der Waals surface area contributed by atoms with Crippen LogP contribution in [-0.2, 0) is 21.2 Å². The van der Waals surface area contributed by atoms with E-state index in [0.717, 1.165) is 22.5 Å². The van der Waals surface area contributed by atoms with E-state index in [1.807, 2.05) is 0 Å². The van der Waals surface area contributed by atoms with Crippen molar-refractivity contribution < 1.29 is 26.4 Å². The standard InChI is InChI=1S/C26H26ClF3N2O3S/c1-3-31-26(33)6-4-5-18-15-20(28)9-13-23(18)17(2)32(25-16-21(29)10-14-24(25)30)36(34,35)22-11-7-19(27)8-12-22/h7-17H,3-6H2,1-2H3,(H,31,33)/t17-/m1/s1. The summed E-state index contributed by atoms with van der Waals surface area (Å²) < 4.78 is 71.5. The Bertz CT molecular complexity index is 1330. The Kier molecular flexibility index (Phi) is 9.03. The zero-order chi connectivity index (χ0) is 26.5. The normalized spacial score (nSPS) is 12.3. The van der Waals surface area contributed by atoms with Crippen LogP contribution in [0.2, 0.25) is 5.02 Å². The summed E-state index contributed by atoms with van der Waals surface area (Å²) in [5.74, 6) is -2.46. The number of nitrogens with zero attached hydrogens (tertiary/aromatic N) is 1. The van der Waals surface area contributed by atoms with Crippen LogP contribution in [0.15, 0.2) is 65.6 Å². The molecule has 0 aliphatic rings. The van der Waals surface area contributed by atoms with E-state index in [1.54, 1.807) is 6.92 Å². The van der Waals surface area contributed by atoms with E-state index in [2.05, 4.69) is 5.32 Å². The maximum atomic E-state index is 14.9. The number of sulfonamides is 1. The van der Waals surface area contributed by atoms with Gasteiger partial charge in [-0.15, -0.1) is 0 Å². The average molecular weight is 539 g/mol. The third kappa shape index (κ3) is 6.39. The zero-order valence-corrected chi connectivity index (χ0v) is 21.3. The highest BCUT2D eigenvalue weighted by molar-refractivity contribution is 7.92. The van der Waals surface area contributed by atoms with Gasteiger partial charge in [0.2, 0.25) is 5.91 Å². The number of halogens is 4. The zero-order valence-electron chi connectivity index (χ0n) is 19.8. The number of anilines is 1. The van der Waals surface area contributed by atoms with Crippen molar-refractivity contribution in [2.24, 2.45) is 0 Å². The number of benzene rings is 3. The lowest BCUT2D eigenvalue weighted by molar-refractivity contribution is -0.121. The Morgan fingerprint density at radius 2 is 1.64 bits per heavy atom. The Labute approximate surface area is 213 Å². The van der Waals surface area contributed by atoms with Crippen LogP contribution in [0, 0.1) is 17.5 Å². The van der Waals surface area contributed by atoms with Crippen LogP contribution >= 0.6 is 11.6 Å². The molecule has 0 saturated carbocycles. The average Bonchev–Trinajstić information content (AvgIpc) is 2.82. The second kappa shape index (κ2) is 11.8. The number of hydrogen-bond donors (Lipinski definition) is 1. The van der Waals surface area contributed by atoms with Gasteiger partial charge in [0.1, 0.15) is 17.5 Å². The quantitative estimate of drug-likeness (QED) is 0.335. The van der Waals surface area contributed by atoms with Gasteiger partial charge in [0, 0.05) is 24.1 Å². The first-order chi connectivity index (χ1) is 17.0. The van der Waals surface area contributed by atoms with Gasteiger partial charge in [-0.05, 0) is 86.3 Å². The maximum Gasteiger partial charge on any atom is 0.264 e. The topological polar surface area (TPSA) is 66.5 Å². The van der Waals surface area contributed by atoms with Crippen molar-refractivity contribution in [3.8, 4) is 0 Å². The third-order valence-corrected chi connectivity index (χ3v) is 7.80. The highest BCUT2D eigenvalue weighted by Gasteiger charge is 2.33. The van der Waals surface area contributed by atoms with Gasteiger partial charge in [0.25, 0.3) is 10.0 Å². The molecule has 0 saturated heterocycles. The highest BCUT2D eigenvalue weighted by atomic mass is 35.5.